The first-order chi connectivity index (χ1) is 22.8. The summed E-state index contributed by atoms with van der Waals surface area (Å²) in [7, 11) is 1.80. The minimum atomic E-state index is -0.388. The van der Waals surface area contributed by atoms with Crippen molar-refractivity contribution in [1.29, 1.82) is 0 Å². The molecule has 7 atom stereocenters. The summed E-state index contributed by atoms with van der Waals surface area (Å²) < 4.78 is 33.1. The van der Waals surface area contributed by atoms with Gasteiger partial charge in [0.2, 0.25) is 0 Å². The molecule has 2 aliphatic carbocycles. The van der Waals surface area contributed by atoms with Crippen LogP contribution >= 0.6 is 0 Å². The van der Waals surface area contributed by atoms with Gasteiger partial charge in [-0.05, 0) is 52.3 Å². The first-order valence-corrected chi connectivity index (χ1v) is 16.5. The van der Waals surface area contributed by atoms with Crippen LogP contribution in [0.1, 0.15) is 28.7 Å². The lowest BCUT2D eigenvalue weighted by Crippen LogP contribution is -2.51. The third-order valence-electron chi connectivity index (χ3n) is 9.39. The Bertz CT molecular complexity index is 1450. The molecule has 0 N–H and O–H groups in total. The molecule has 0 amide bonds. The van der Waals surface area contributed by atoms with E-state index in [1.807, 2.05) is 48.5 Å². The van der Waals surface area contributed by atoms with Gasteiger partial charge in [-0.3, -0.25) is 0 Å². The van der Waals surface area contributed by atoms with Crippen molar-refractivity contribution in [2.75, 3.05) is 20.3 Å². The standard InChI is InChI=1S/C41H46O5/c1-42-29-37-35-22-23-36(24-35)39(37)41(46-28-34-20-12-5-13-21-34)40(45-27-33-18-10-4-11-19-33)38(44-26-32-16-8-3-9-17-32)30-43-25-31-14-6-2-7-15-31/h2-23,35-41H,24-30H2,1H3/t35-,36+,37-,38+,39+,40+,41+/m0/s1. The van der Waals surface area contributed by atoms with Crippen molar-refractivity contribution in [3.63, 3.8) is 0 Å². The van der Waals surface area contributed by atoms with Gasteiger partial charge in [-0.15, -0.1) is 0 Å². The minimum absolute atomic E-state index is 0.219. The Balaban J connectivity index is 1.33. The monoisotopic (exact) mass is 618 g/mol. The van der Waals surface area contributed by atoms with Gasteiger partial charge in [0.1, 0.15) is 12.2 Å². The third kappa shape index (κ3) is 8.61. The average molecular weight is 619 g/mol. The lowest BCUT2D eigenvalue weighted by molar-refractivity contribution is -0.188. The van der Waals surface area contributed by atoms with E-state index in [1.54, 1.807) is 7.11 Å². The van der Waals surface area contributed by atoms with Gasteiger partial charge in [-0.1, -0.05) is 133 Å². The van der Waals surface area contributed by atoms with Gasteiger partial charge in [0, 0.05) is 13.7 Å². The largest absolute Gasteiger partial charge is 0.384 e. The number of hydrogen-bond acceptors (Lipinski definition) is 5. The van der Waals surface area contributed by atoms with Gasteiger partial charge >= 0.3 is 0 Å². The van der Waals surface area contributed by atoms with Crippen LogP contribution in [0, 0.1) is 23.7 Å². The zero-order valence-corrected chi connectivity index (χ0v) is 26.7. The smallest absolute Gasteiger partial charge is 0.113 e. The molecule has 0 unspecified atom stereocenters. The van der Waals surface area contributed by atoms with Gasteiger partial charge in [-0.2, -0.15) is 0 Å². The zero-order chi connectivity index (χ0) is 31.4. The second kappa shape index (κ2) is 16.8. The second-order valence-corrected chi connectivity index (χ2v) is 12.5. The number of allylic oxidation sites excluding steroid dienone is 2. The highest BCUT2D eigenvalue weighted by molar-refractivity contribution is 5.19. The van der Waals surface area contributed by atoms with Gasteiger partial charge in [0.15, 0.2) is 0 Å². The van der Waals surface area contributed by atoms with Gasteiger partial charge in [0.25, 0.3) is 0 Å². The Labute approximate surface area is 274 Å². The Morgan fingerprint density at radius 2 is 1.04 bits per heavy atom. The summed E-state index contributed by atoms with van der Waals surface area (Å²) in [5.74, 6) is 1.43. The maximum Gasteiger partial charge on any atom is 0.113 e. The van der Waals surface area contributed by atoms with Gasteiger partial charge in [0.05, 0.1) is 39.1 Å². The van der Waals surface area contributed by atoms with E-state index >= 15 is 0 Å². The van der Waals surface area contributed by atoms with Crippen molar-refractivity contribution in [2.45, 2.75) is 51.2 Å². The molecule has 1 saturated carbocycles. The molecule has 0 saturated heterocycles. The number of ether oxygens (including phenoxy) is 5. The highest BCUT2D eigenvalue weighted by Gasteiger charge is 2.52. The molecule has 5 nitrogen and oxygen atoms in total. The lowest BCUT2D eigenvalue weighted by Gasteiger charge is -2.41. The summed E-state index contributed by atoms with van der Waals surface area (Å²) in [5, 5.41) is 0. The highest BCUT2D eigenvalue weighted by atomic mass is 16.6. The zero-order valence-electron chi connectivity index (χ0n) is 26.7. The molecule has 4 aromatic rings. The number of methoxy groups -OCH3 is 1. The molecule has 0 spiro atoms. The molecule has 1 fully saturated rings. The molecule has 46 heavy (non-hydrogen) atoms. The molecule has 0 heterocycles. The summed E-state index contributed by atoms with van der Waals surface area (Å²) >= 11 is 0. The molecule has 4 aromatic carbocycles. The van der Waals surface area contributed by atoms with E-state index in [4.69, 9.17) is 23.7 Å². The van der Waals surface area contributed by atoms with E-state index in [9.17, 15) is 0 Å². The van der Waals surface area contributed by atoms with Gasteiger partial charge in [-0.25, -0.2) is 0 Å². The summed E-state index contributed by atoms with van der Waals surface area (Å²) in [5.41, 5.74) is 4.49. The second-order valence-electron chi connectivity index (χ2n) is 12.5. The van der Waals surface area contributed by atoms with Crippen LogP contribution in [0.3, 0.4) is 0 Å². The number of fused-ring (bicyclic) bond motifs is 2. The molecule has 0 radical (unpaired) electrons. The molecule has 2 aliphatic rings. The van der Waals surface area contributed by atoms with E-state index in [2.05, 4.69) is 84.9 Å². The number of hydrogen-bond donors (Lipinski definition) is 0. The maximum atomic E-state index is 7.04. The topological polar surface area (TPSA) is 46.2 Å². The van der Waals surface area contributed by atoms with Crippen molar-refractivity contribution >= 4 is 0 Å². The molecular formula is C41H46O5. The normalized spacial score (nSPS) is 22.1. The van der Waals surface area contributed by atoms with Crippen LogP contribution in [0.5, 0.6) is 0 Å². The van der Waals surface area contributed by atoms with E-state index < -0.39 is 0 Å². The summed E-state index contributed by atoms with van der Waals surface area (Å²) in [4.78, 5) is 0. The Morgan fingerprint density at radius 3 is 1.59 bits per heavy atom. The molecular weight excluding hydrogens is 572 g/mol. The van der Waals surface area contributed by atoms with E-state index in [1.165, 1.54) is 0 Å². The van der Waals surface area contributed by atoms with Crippen LogP contribution < -0.4 is 0 Å². The van der Waals surface area contributed by atoms with E-state index in [0.717, 1.165) is 28.7 Å². The van der Waals surface area contributed by atoms with Crippen molar-refractivity contribution < 1.29 is 23.7 Å². The van der Waals surface area contributed by atoms with Crippen molar-refractivity contribution in [3.05, 3.63) is 156 Å². The first kappa shape index (κ1) is 32.4. The molecule has 0 aromatic heterocycles. The van der Waals surface area contributed by atoms with Crippen LogP contribution in [0.25, 0.3) is 0 Å². The van der Waals surface area contributed by atoms with Crippen LogP contribution in [0.4, 0.5) is 0 Å². The van der Waals surface area contributed by atoms with Crippen LogP contribution in [0.15, 0.2) is 133 Å². The molecule has 240 valence electrons. The molecule has 0 aliphatic heterocycles. The average Bonchev–Trinajstić information content (AvgIpc) is 3.72. The van der Waals surface area contributed by atoms with Crippen LogP contribution in [-0.2, 0) is 50.1 Å². The fourth-order valence-electron chi connectivity index (χ4n) is 7.13. The summed E-state index contributed by atoms with van der Waals surface area (Å²) in [6.07, 6.45) is 4.88. The predicted molar refractivity (Wildman–Crippen MR) is 181 cm³/mol. The highest BCUT2D eigenvalue weighted by Crippen LogP contribution is 2.51. The first-order valence-electron chi connectivity index (χ1n) is 16.5. The SMILES string of the molecule is COC[C@@H]1[C@H]([C@@H](OCc2ccccc2)[C@H](OCc2ccccc2)[C@@H](COCc2ccccc2)OCc2ccccc2)[C@@H]2C=C[C@H]1C2. The van der Waals surface area contributed by atoms with Crippen molar-refractivity contribution in [3.8, 4) is 0 Å². The summed E-state index contributed by atoms with van der Waals surface area (Å²) in [6, 6.07) is 41.4. The molecule has 5 heteroatoms. The predicted octanol–water partition coefficient (Wildman–Crippen LogP) is 8.04. The number of benzene rings is 4. The van der Waals surface area contributed by atoms with Crippen molar-refractivity contribution in [1.82, 2.24) is 0 Å². The fraction of sp³-hybridized carbons (Fsp3) is 0.366. The Morgan fingerprint density at radius 1 is 0.565 bits per heavy atom. The van der Waals surface area contributed by atoms with Crippen LogP contribution in [0.2, 0.25) is 0 Å². The van der Waals surface area contributed by atoms with Crippen LogP contribution in [-0.4, -0.2) is 38.6 Å². The third-order valence-corrected chi connectivity index (χ3v) is 9.39. The van der Waals surface area contributed by atoms with E-state index in [0.29, 0.717) is 57.4 Å². The lowest BCUT2D eigenvalue weighted by atomic mass is 9.77. The van der Waals surface area contributed by atoms with Crippen molar-refractivity contribution in [2.24, 2.45) is 23.7 Å². The molecule has 6 rings (SSSR count). The summed E-state index contributed by atoms with van der Waals surface area (Å²) in [6.45, 7) is 2.95. The molecule has 2 bridgehead atoms. The maximum absolute atomic E-state index is 7.04. The Hall–Kier alpha value is -3.58. The van der Waals surface area contributed by atoms with E-state index in [-0.39, 0.29) is 24.2 Å². The fourth-order valence-corrected chi connectivity index (χ4v) is 7.13. The minimum Gasteiger partial charge on any atom is -0.384 e. The number of rotatable bonds is 18. The quantitative estimate of drug-likeness (QED) is 0.106. The Kier molecular flexibility index (Phi) is 11.8. The van der Waals surface area contributed by atoms with Gasteiger partial charge < -0.3 is 23.7 Å².